The topological polar surface area (TPSA) is 72.2 Å². The molecule has 1 amide bonds. The largest absolute Gasteiger partial charge is 0.345 e. The van der Waals surface area contributed by atoms with Gasteiger partial charge in [-0.2, -0.15) is 0 Å². The van der Waals surface area contributed by atoms with E-state index in [-0.39, 0.29) is 23.6 Å². The summed E-state index contributed by atoms with van der Waals surface area (Å²) in [6.45, 7) is 4.07. The fourth-order valence-electron chi connectivity index (χ4n) is 2.25. The smallest absolute Gasteiger partial charge is 0.269 e. The van der Waals surface area contributed by atoms with Crippen molar-refractivity contribution < 1.29 is 9.72 Å². The van der Waals surface area contributed by atoms with Crippen molar-refractivity contribution in [1.29, 1.82) is 0 Å². The van der Waals surface area contributed by atoms with Gasteiger partial charge >= 0.3 is 0 Å². The Bertz CT molecular complexity index is 651. The second-order valence-corrected chi connectivity index (χ2v) is 5.41. The van der Waals surface area contributed by atoms with E-state index in [0.717, 1.165) is 5.56 Å². The number of nitrogens with one attached hydrogen (secondary N) is 1. The van der Waals surface area contributed by atoms with Gasteiger partial charge in [-0.1, -0.05) is 44.2 Å². The van der Waals surface area contributed by atoms with Gasteiger partial charge in [0, 0.05) is 17.7 Å². The fourth-order valence-corrected chi connectivity index (χ4v) is 2.25. The summed E-state index contributed by atoms with van der Waals surface area (Å²) >= 11 is 0. The Labute approximate surface area is 129 Å². The standard InChI is InChI=1S/C17H18N2O3/c1-12(2)16(13-6-4-3-5-7-13)18-17(20)14-8-10-15(11-9-14)19(21)22/h3-12,16H,1-2H3,(H,18,20)/t16-/m0/s1. The zero-order valence-corrected chi connectivity index (χ0v) is 12.5. The maximum absolute atomic E-state index is 12.3. The maximum atomic E-state index is 12.3. The highest BCUT2D eigenvalue weighted by molar-refractivity contribution is 5.94. The molecule has 2 rings (SSSR count). The van der Waals surface area contributed by atoms with Crippen LogP contribution in [0.2, 0.25) is 0 Å². The van der Waals surface area contributed by atoms with Crippen LogP contribution in [0.5, 0.6) is 0 Å². The number of amides is 1. The van der Waals surface area contributed by atoms with E-state index in [1.165, 1.54) is 24.3 Å². The Morgan fingerprint density at radius 1 is 1.05 bits per heavy atom. The highest BCUT2D eigenvalue weighted by Crippen LogP contribution is 2.22. The number of rotatable bonds is 5. The molecule has 0 bridgehead atoms. The van der Waals surface area contributed by atoms with Crippen LogP contribution in [0.3, 0.4) is 0 Å². The predicted molar refractivity (Wildman–Crippen MR) is 84.6 cm³/mol. The monoisotopic (exact) mass is 298 g/mol. The molecular formula is C17H18N2O3. The average molecular weight is 298 g/mol. The van der Waals surface area contributed by atoms with Crippen molar-refractivity contribution in [1.82, 2.24) is 5.32 Å². The first-order valence-corrected chi connectivity index (χ1v) is 7.09. The summed E-state index contributed by atoms with van der Waals surface area (Å²) in [4.78, 5) is 22.5. The van der Waals surface area contributed by atoms with Gasteiger partial charge in [-0.3, -0.25) is 14.9 Å². The normalized spacial score (nSPS) is 12.0. The number of nitrogens with zero attached hydrogens (tertiary/aromatic N) is 1. The summed E-state index contributed by atoms with van der Waals surface area (Å²) in [5.41, 5.74) is 1.42. The number of nitro benzene ring substituents is 1. The number of carbonyl (C=O) groups excluding carboxylic acids is 1. The van der Waals surface area contributed by atoms with Crippen molar-refractivity contribution in [2.24, 2.45) is 5.92 Å². The van der Waals surface area contributed by atoms with Crippen LogP contribution in [0.15, 0.2) is 54.6 Å². The van der Waals surface area contributed by atoms with Gasteiger partial charge in [0.05, 0.1) is 11.0 Å². The third-order valence-electron chi connectivity index (χ3n) is 3.45. The van der Waals surface area contributed by atoms with Gasteiger partial charge in [0.1, 0.15) is 0 Å². The maximum Gasteiger partial charge on any atom is 0.269 e. The van der Waals surface area contributed by atoms with Crippen LogP contribution in [0.1, 0.15) is 35.8 Å². The molecule has 0 aromatic heterocycles. The second-order valence-electron chi connectivity index (χ2n) is 5.41. The van der Waals surface area contributed by atoms with E-state index in [1.54, 1.807) is 0 Å². The molecule has 2 aromatic carbocycles. The lowest BCUT2D eigenvalue weighted by Gasteiger charge is -2.23. The Balaban J connectivity index is 2.16. The van der Waals surface area contributed by atoms with E-state index >= 15 is 0 Å². The molecule has 114 valence electrons. The third-order valence-corrected chi connectivity index (χ3v) is 3.45. The van der Waals surface area contributed by atoms with Gasteiger partial charge < -0.3 is 5.32 Å². The summed E-state index contributed by atoms with van der Waals surface area (Å²) in [7, 11) is 0. The summed E-state index contributed by atoms with van der Waals surface area (Å²) in [5, 5.41) is 13.6. The molecule has 0 spiro atoms. The van der Waals surface area contributed by atoms with E-state index in [1.807, 2.05) is 44.2 Å². The third kappa shape index (κ3) is 3.69. The quantitative estimate of drug-likeness (QED) is 0.675. The summed E-state index contributed by atoms with van der Waals surface area (Å²) in [5.74, 6) is -0.0122. The molecule has 0 radical (unpaired) electrons. The lowest BCUT2D eigenvalue weighted by atomic mass is 9.95. The lowest BCUT2D eigenvalue weighted by Crippen LogP contribution is -2.31. The number of carbonyl (C=O) groups is 1. The predicted octanol–water partition coefficient (Wildman–Crippen LogP) is 3.72. The van der Waals surface area contributed by atoms with Crippen LogP contribution in [0, 0.1) is 16.0 Å². The van der Waals surface area contributed by atoms with Crippen LogP contribution in [0.4, 0.5) is 5.69 Å². The van der Waals surface area contributed by atoms with E-state index in [2.05, 4.69) is 5.32 Å². The molecule has 0 aliphatic rings. The minimum Gasteiger partial charge on any atom is -0.345 e. The molecule has 2 aromatic rings. The van der Waals surface area contributed by atoms with Crippen LogP contribution >= 0.6 is 0 Å². The van der Waals surface area contributed by atoms with Crippen molar-refractivity contribution in [3.8, 4) is 0 Å². The van der Waals surface area contributed by atoms with Crippen molar-refractivity contribution >= 4 is 11.6 Å². The Kier molecular flexibility index (Phi) is 4.88. The van der Waals surface area contributed by atoms with Crippen LogP contribution < -0.4 is 5.32 Å². The molecule has 1 atom stereocenters. The van der Waals surface area contributed by atoms with Gasteiger partial charge in [-0.25, -0.2) is 0 Å². The van der Waals surface area contributed by atoms with Crippen molar-refractivity contribution in [3.05, 3.63) is 75.8 Å². The van der Waals surface area contributed by atoms with Gasteiger partial charge in [0.15, 0.2) is 0 Å². The fraction of sp³-hybridized carbons (Fsp3) is 0.235. The first-order valence-electron chi connectivity index (χ1n) is 7.09. The van der Waals surface area contributed by atoms with Gasteiger partial charge in [0.2, 0.25) is 0 Å². The van der Waals surface area contributed by atoms with E-state index < -0.39 is 4.92 Å². The zero-order chi connectivity index (χ0) is 16.1. The van der Waals surface area contributed by atoms with E-state index in [9.17, 15) is 14.9 Å². The Hall–Kier alpha value is -2.69. The first kappa shape index (κ1) is 15.7. The molecule has 0 unspecified atom stereocenters. The van der Waals surface area contributed by atoms with E-state index in [0.29, 0.717) is 5.56 Å². The number of non-ortho nitro benzene ring substituents is 1. The highest BCUT2D eigenvalue weighted by Gasteiger charge is 2.19. The van der Waals surface area contributed by atoms with Crippen LogP contribution in [0.25, 0.3) is 0 Å². The molecule has 0 heterocycles. The first-order chi connectivity index (χ1) is 10.5. The van der Waals surface area contributed by atoms with Crippen LogP contribution in [-0.2, 0) is 0 Å². The summed E-state index contributed by atoms with van der Waals surface area (Å²) in [6, 6.07) is 15.2. The molecule has 0 saturated heterocycles. The number of nitro groups is 1. The second kappa shape index (κ2) is 6.85. The molecule has 5 nitrogen and oxygen atoms in total. The van der Waals surface area contributed by atoms with Gasteiger partial charge in [0.25, 0.3) is 11.6 Å². The minimum atomic E-state index is -0.484. The molecule has 1 N–H and O–H groups in total. The van der Waals surface area contributed by atoms with Crippen LogP contribution in [-0.4, -0.2) is 10.8 Å². The molecule has 0 fully saturated rings. The van der Waals surface area contributed by atoms with Crippen molar-refractivity contribution in [2.75, 3.05) is 0 Å². The van der Waals surface area contributed by atoms with Gasteiger partial charge in [-0.15, -0.1) is 0 Å². The minimum absolute atomic E-state index is 0.0278. The zero-order valence-electron chi connectivity index (χ0n) is 12.5. The molecule has 22 heavy (non-hydrogen) atoms. The molecular weight excluding hydrogens is 280 g/mol. The molecule has 5 heteroatoms. The number of hydrogen-bond acceptors (Lipinski definition) is 3. The number of hydrogen-bond donors (Lipinski definition) is 1. The Morgan fingerprint density at radius 2 is 1.64 bits per heavy atom. The average Bonchev–Trinajstić information content (AvgIpc) is 2.53. The van der Waals surface area contributed by atoms with E-state index in [4.69, 9.17) is 0 Å². The van der Waals surface area contributed by atoms with Crippen molar-refractivity contribution in [2.45, 2.75) is 19.9 Å². The Morgan fingerprint density at radius 3 is 2.14 bits per heavy atom. The highest BCUT2D eigenvalue weighted by atomic mass is 16.6. The number of benzene rings is 2. The summed E-state index contributed by atoms with van der Waals surface area (Å²) in [6.07, 6.45) is 0. The molecule has 0 saturated carbocycles. The van der Waals surface area contributed by atoms with Crippen molar-refractivity contribution in [3.63, 3.8) is 0 Å². The SMILES string of the molecule is CC(C)[C@H](NC(=O)c1ccc([N+](=O)[O-])cc1)c1ccccc1. The van der Waals surface area contributed by atoms with Gasteiger partial charge in [-0.05, 0) is 23.6 Å². The lowest BCUT2D eigenvalue weighted by molar-refractivity contribution is -0.384. The summed E-state index contributed by atoms with van der Waals surface area (Å²) < 4.78 is 0. The molecule has 0 aliphatic carbocycles. The molecule has 0 aliphatic heterocycles.